The van der Waals surface area contributed by atoms with Crippen LogP contribution in [0.2, 0.25) is 0 Å². The Morgan fingerprint density at radius 3 is 2.36 bits per heavy atom. The number of hydrogen-bond acceptors (Lipinski definition) is 4. The SMILES string of the molecule is O=C(O)c1ccc(S(=O)n2cc(S(=O)NC3CCNCC3)c3c(C(F)(F)F)cccc32)cc1. The van der Waals surface area contributed by atoms with E-state index in [0.29, 0.717) is 25.9 Å². The third-order valence-electron chi connectivity index (χ3n) is 5.36. The van der Waals surface area contributed by atoms with E-state index in [2.05, 4.69) is 10.0 Å². The second-order valence-electron chi connectivity index (χ2n) is 7.51. The molecule has 3 aromatic rings. The molecule has 0 radical (unpaired) electrons. The topological polar surface area (TPSA) is 100 Å². The maximum absolute atomic E-state index is 13.8. The van der Waals surface area contributed by atoms with Gasteiger partial charge in [-0.2, -0.15) is 13.2 Å². The molecule has 0 amide bonds. The summed E-state index contributed by atoms with van der Waals surface area (Å²) in [4.78, 5) is 11.2. The molecule has 1 fully saturated rings. The molecule has 2 unspecified atom stereocenters. The molecular formula is C21H20F3N3O4S2. The lowest BCUT2D eigenvalue weighted by Crippen LogP contribution is -2.40. The number of benzene rings is 2. The summed E-state index contributed by atoms with van der Waals surface area (Å²) in [6.45, 7) is 1.42. The summed E-state index contributed by atoms with van der Waals surface area (Å²) in [6.07, 6.45) is -2.13. The minimum absolute atomic E-state index is 0.0135. The standard InChI is InChI=1S/C21H20F3N3O4S2/c22-21(23,24)16-2-1-3-17-19(16)18(32(30)26-14-8-10-25-11-9-14)12-27(17)33(31)15-6-4-13(5-7-15)20(28)29/h1-7,12,14,25-26H,8-11H2,(H,28,29). The van der Waals surface area contributed by atoms with Gasteiger partial charge in [-0.15, -0.1) is 0 Å². The Bertz CT molecular complexity index is 1240. The van der Waals surface area contributed by atoms with E-state index < -0.39 is 39.7 Å². The Kier molecular flexibility index (Phi) is 6.71. The van der Waals surface area contributed by atoms with Crippen molar-refractivity contribution in [3.63, 3.8) is 0 Å². The second-order valence-corrected chi connectivity index (χ2v) is 10.1. The highest BCUT2D eigenvalue weighted by atomic mass is 32.2. The Hall–Kier alpha value is -2.54. The molecule has 0 saturated carbocycles. The average molecular weight is 500 g/mol. The van der Waals surface area contributed by atoms with Crippen LogP contribution in [0.25, 0.3) is 10.9 Å². The molecule has 1 saturated heterocycles. The van der Waals surface area contributed by atoms with Crippen molar-refractivity contribution in [3.05, 3.63) is 59.8 Å². The van der Waals surface area contributed by atoms with Crippen molar-refractivity contribution in [3.8, 4) is 0 Å². The van der Waals surface area contributed by atoms with E-state index in [4.69, 9.17) is 5.11 Å². The first kappa shape index (κ1) is 23.6. The zero-order valence-corrected chi connectivity index (χ0v) is 18.7. The number of nitrogens with one attached hydrogen (secondary N) is 2. The van der Waals surface area contributed by atoms with Crippen LogP contribution >= 0.6 is 0 Å². The van der Waals surface area contributed by atoms with E-state index in [1.807, 2.05) is 0 Å². The highest BCUT2D eigenvalue weighted by molar-refractivity contribution is 7.84. The minimum Gasteiger partial charge on any atom is -0.478 e. The van der Waals surface area contributed by atoms with Gasteiger partial charge < -0.3 is 10.4 Å². The van der Waals surface area contributed by atoms with Crippen molar-refractivity contribution < 1.29 is 31.5 Å². The molecule has 12 heteroatoms. The normalized spacial score (nSPS) is 17.2. The molecule has 0 bridgehead atoms. The van der Waals surface area contributed by atoms with Gasteiger partial charge in [-0.25, -0.2) is 17.9 Å². The Morgan fingerprint density at radius 2 is 1.76 bits per heavy atom. The molecule has 4 rings (SSSR count). The fraction of sp³-hybridized carbons (Fsp3) is 0.286. The molecule has 2 heterocycles. The van der Waals surface area contributed by atoms with Crippen LogP contribution in [0.1, 0.15) is 28.8 Å². The van der Waals surface area contributed by atoms with Crippen LogP contribution in [0.4, 0.5) is 13.2 Å². The molecular weight excluding hydrogens is 479 g/mol. The summed E-state index contributed by atoms with van der Waals surface area (Å²) in [7, 11) is -3.97. The number of carboxylic acid groups (broad SMARTS) is 1. The van der Waals surface area contributed by atoms with Crippen molar-refractivity contribution in [2.24, 2.45) is 0 Å². The summed E-state index contributed by atoms with van der Waals surface area (Å²) in [6, 6.07) is 8.57. The third-order valence-corrected chi connectivity index (χ3v) is 7.95. The van der Waals surface area contributed by atoms with Crippen molar-refractivity contribution in [2.75, 3.05) is 13.1 Å². The van der Waals surface area contributed by atoms with E-state index in [0.717, 1.165) is 10.0 Å². The smallest absolute Gasteiger partial charge is 0.417 e. The number of rotatable bonds is 6. The number of carbonyl (C=O) groups is 1. The molecule has 2 atom stereocenters. The number of nitrogens with zero attached hydrogens (tertiary/aromatic N) is 1. The van der Waals surface area contributed by atoms with Gasteiger partial charge in [0.25, 0.3) is 0 Å². The lowest BCUT2D eigenvalue weighted by atomic mass is 10.1. The molecule has 1 aliphatic heterocycles. The Balaban J connectivity index is 1.81. The van der Waals surface area contributed by atoms with Gasteiger partial charge in [-0.05, 0) is 62.3 Å². The number of alkyl halides is 3. The molecule has 1 aliphatic rings. The van der Waals surface area contributed by atoms with Crippen molar-refractivity contribution in [1.29, 1.82) is 0 Å². The van der Waals surface area contributed by atoms with Crippen molar-refractivity contribution in [2.45, 2.75) is 34.9 Å². The van der Waals surface area contributed by atoms with Crippen LogP contribution in [0.15, 0.2) is 58.5 Å². The largest absolute Gasteiger partial charge is 0.478 e. The van der Waals surface area contributed by atoms with Gasteiger partial charge in [-0.1, -0.05) is 6.07 Å². The summed E-state index contributed by atoms with van der Waals surface area (Å²) in [5.41, 5.74) is -0.964. The number of carboxylic acids is 1. The molecule has 33 heavy (non-hydrogen) atoms. The van der Waals surface area contributed by atoms with Crippen LogP contribution in [-0.4, -0.2) is 42.6 Å². The quantitative estimate of drug-likeness (QED) is 0.483. The molecule has 0 spiro atoms. The summed E-state index contributed by atoms with van der Waals surface area (Å²) in [5, 5.41) is 11.9. The minimum atomic E-state index is -4.70. The van der Waals surface area contributed by atoms with E-state index in [1.165, 1.54) is 42.6 Å². The number of hydrogen-bond donors (Lipinski definition) is 3. The summed E-state index contributed by atoms with van der Waals surface area (Å²) in [5.74, 6) is -1.16. The van der Waals surface area contributed by atoms with Gasteiger partial charge in [0.2, 0.25) is 0 Å². The second kappa shape index (κ2) is 9.37. The number of halogens is 3. The van der Waals surface area contributed by atoms with Crippen LogP contribution < -0.4 is 10.0 Å². The van der Waals surface area contributed by atoms with Crippen LogP contribution in [0.5, 0.6) is 0 Å². The summed E-state index contributed by atoms with van der Waals surface area (Å²) >= 11 is 0. The average Bonchev–Trinajstić information content (AvgIpc) is 3.18. The van der Waals surface area contributed by atoms with Gasteiger partial charge in [0.1, 0.15) is 11.0 Å². The predicted octanol–water partition coefficient (Wildman–Crippen LogP) is 3.29. The van der Waals surface area contributed by atoms with Gasteiger partial charge >= 0.3 is 12.1 Å². The van der Waals surface area contributed by atoms with E-state index in [-0.39, 0.29) is 32.3 Å². The van der Waals surface area contributed by atoms with Crippen LogP contribution in [0, 0.1) is 0 Å². The van der Waals surface area contributed by atoms with Gasteiger partial charge in [0, 0.05) is 17.6 Å². The number of aromatic carboxylic acids is 1. The zero-order valence-electron chi connectivity index (χ0n) is 17.1. The Morgan fingerprint density at radius 1 is 1.09 bits per heavy atom. The first-order valence-electron chi connectivity index (χ1n) is 10.0. The molecule has 1 aromatic heterocycles. The fourth-order valence-electron chi connectivity index (χ4n) is 3.72. The van der Waals surface area contributed by atoms with E-state index in [1.54, 1.807) is 0 Å². The van der Waals surface area contributed by atoms with Gasteiger partial charge in [0.15, 0.2) is 11.0 Å². The highest BCUT2D eigenvalue weighted by Gasteiger charge is 2.35. The molecule has 2 aromatic carbocycles. The molecule has 0 aliphatic carbocycles. The molecule has 3 N–H and O–H groups in total. The highest BCUT2D eigenvalue weighted by Crippen LogP contribution is 2.38. The third kappa shape index (κ3) is 4.88. The maximum Gasteiger partial charge on any atom is 0.417 e. The maximum atomic E-state index is 13.8. The fourth-order valence-corrected chi connectivity index (χ4v) is 6.18. The van der Waals surface area contributed by atoms with E-state index in [9.17, 15) is 26.4 Å². The van der Waals surface area contributed by atoms with Crippen LogP contribution in [-0.2, 0) is 28.1 Å². The monoisotopic (exact) mass is 499 g/mol. The van der Waals surface area contributed by atoms with E-state index >= 15 is 0 Å². The number of fused-ring (bicyclic) bond motifs is 1. The molecule has 176 valence electrons. The lowest BCUT2D eigenvalue weighted by molar-refractivity contribution is -0.136. The first-order chi connectivity index (χ1) is 15.7. The lowest BCUT2D eigenvalue weighted by Gasteiger charge is -2.23. The van der Waals surface area contributed by atoms with Crippen LogP contribution in [0.3, 0.4) is 0 Å². The first-order valence-corrected chi connectivity index (χ1v) is 12.3. The summed E-state index contributed by atoms with van der Waals surface area (Å²) < 4.78 is 71.8. The Labute approximate surface area is 192 Å². The predicted molar refractivity (Wildman–Crippen MR) is 118 cm³/mol. The molecule has 7 nitrogen and oxygen atoms in total. The zero-order chi connectivity index (χ0) is 23.8. The van der Waals surface area contributed by atoms with Crippen molar-refractivity contribution >= 4 is 38.8 Å². The number of piperidine rings is 1. The van der Waals surface area contributed by atoms with Crippen molar-refractivity contribution in [1.82, 2.24) is 14.0 Å². The van der Waals surface area contributed by atoms with Gasteiger partial charge in [-0.3, -0.25) is 3.97 Å². The van der Waals surface area contributed by atoms with Gasteiger partial charge in [0.05, 0.1) is 26.4 Å². The number of aromatic nitrogens is 1.